The predicted octanol–water partition coefficient (Wildman–Crippen LogP) is 4.75. The van der Waals surface area contributed by atoms with Crippen LogP contribution >= 0.6 is 11.6 Å². The van der Waals surface area contributed by atoms with Gasteiger partial charge >= 0.3 is 6.03 Å². The lowest BCUT2D eigenvalue weighted by atomic mass is 10.2. The Kier molecular flexibility index (Phi) is 5.22. The second-order valence-corrected chi connectivity index (χ2v) is 5.49. The third-order valence-corrected chi connectivity index (χ3v) is 3.06. The van der Waals surface area contributed by atoms with Gasteiger partial charge in [0.25, 0.3) is 0 Å². The van der Waals surface area contributed by atoms with Crippen molar-refractivity contribution in [2.75, 3.05) is 10.6 Å². The number of nitrogens with one attached hydrogen (secondary N) is 3. The molecule has 0 aliphatic heterocycles. The van der Waals surface area contributed by atoms with Crippen molar-refractivity contribution in [3.63, 3.8) is 0 Å². The van der Waals surface area contributed by atoms with E-state index in [-0.39, 0.29) is 17.1 Å². The van der Waals surface area contributed by atoms with Gasteiger partial charge < -0.3 is 16.0 Å². The van der Waals surface area contributed by atoms with Crippen LogP contribution in [0.4, 0.5) is 26.2 Å². The summed E-state index contributed by atoms with van der Waals surface area (Å²) in [5.41, 5.74) is 2.17. The Morgan fingerprint density at radius 2 is 1.64 bits per heavy atom. The van der Waals surface area contributed by atoms with Crippen LogP contribution in [0.2, 0.25) is 5.02 Å². The molecule has 2 aromatic rings. The summed E-state index contributed by atoms with van der Waals surface area (Å²) in [4.78, 5) is 11.6. The van der Waals surface area contributed by atoms with Crippen LogP contribution in [0.3, 0.4) is 0 Å². The average Bonchev–Trinajstić information content (AvgIpc) is 2.44. The maximum Gasteiger partial charge on any atom is 0.319 e. The van der Waals surface area contributed by atoms with Gasteiger partial charge in [-0.25, -0.2) is 9.18 Å². The normalized spacial score (nSPS) is 10.4. The van der Waals surface area contributed by atoms with Crippen LogP contribution < -0.4 is 16.0 Å². The molecule has 0 saturated heterocycles. The Hall–Kier alpha value is -2.27. The van der Waals surface area contributed by atoms with Gasteiger partial charge in [-0.05, 0) is 56.3 Å². The van der Waals surface area contributed by atoms with E-state index in [9.17, 15) is 9.18 Å². The van der Waals surface area contributed by atoms with Crippen LogP contribution in [0.15, 0.2) is 42.5 Å². The molecule has 116 valence electrons. The summed E-state index contributed by atoms with van der Waals surface area (Å²) in [5.74, 6) is -0.456. The molecule has 4 nitrogen and oxygen atoms in total. The number of halogens is 2. The van der Waals surface area contributed by atoms with Crippen molar-refractivity contribution in [1.29, 1.82) is 0 Å². The summed E-state index contributed by atoms with van der Waals surface area (Å²) in [7, 11) is 0. The first-order chi connectivity index (χ1) is 10.4. The van der Waals surface area contributed by atoms with E-state index in [1.165, 1.54) is 12.1 Å². The van der Waals surface area contributed by atoms with E-state index >= 15 is 0 Å². The molecule has 0 heterocycles. The Labute approximate surface area is 133 Å². The molecule has 0 aromatic heterocycles. The summed E-state index contributed by atoms with van der Waals surface area (Å²) in [6.45, 7) is 3.78. The number of carbonyl (C=O) groups excluding carboxylic acids is 1. The fourth-order valence-corrected chi connectivity index (χ4v) is 1.99. The van der Waals surface area contributed by atoms with E-state index in [0.717, 1.165) is 5.69 Å². The van der Waals surface area contributed by atoms with Crippen LogP contribution in [-0.4, -0.2) is 12.1 Å². The molecule has 0 bridgehead atoms. The molecular weight excluding hydrogens is 305 g/mol. The Bertz CT molecular complexity index is 659. The monoisotopic (exact) mass is 321 g/mol. The Morgan fingerprint density at radius 3 is 2.23 bits per heavy atom. The van der Waals surface area contributed by atoms with Crippen LogP contribution in [-0.2, 0) is 0 Å². The van der Waals surface area contributed by atoms with E-state index in [4.69, 9.17) is 11.6 Å². The number of urea groups is 1. The molecule has 0 aliphatic rings. The highest BCUT2D eigenvalue weighted by atomic mass is 35.5. The van der Waals surface area contributed by atoms with E-state index in [2.05, 4.69) is 16.0 Å². The van der Waals surface area contributed by atoms with Crippen molar-refractivity contribution in [3.05, 3.63) is 53.3 Å². The van der Waals surface area contributed by atoms with E-state index in [1.54, 1.807) is 18.2 Å². The zero-order valence-corrected chi connectivity index (χ0v) is 13.0. The summed E-state index contributed by atoms with van der Waals surface area (Å²) < 4.78 is 13.1. The quantitative estimate of drug-likeness (QED) is 0.761. The lowest BCUT2D eigenvalue weighted by molar-refractivity contribution is 0.250. The molecule has 0 atom stereocenters. The topological polar surface area (TPSA) is 53.2 Å². The fourth-order valence-electron chi connectivity index (χ4n) is 1.81. The minimum Gasteiger partial charge on any atom is -0.355 e. The number of hydrogen-bond donors (Lipinski definition) is 3. The van der Waals surface area contributed by atoms with Gasteiger partial charge in [-0.3, -0.25) is 0 Å². The van der Waals surface area contributed by atoms with Gasteiger partial charge in [0, 0.05) is 23.1 Å². The van der Waals surface area contributed by atoms with Gasteiger partial charge in [-0.15, -0.1) is 0 Å². The van der Waals surface area contributed by atoms with Gasteiger partial charge in [0.2, 0.25) is 0 Å². The summed E-state index contributed by atoms with van der Waals surface area (Å²) in [6, 6.07) is 11.4. The van der Waals surface area contributed by atoms with Crippen LogP contribution in [0.1, 0.15) is 13.8 Å². The van der Waals surface area contributed by atoms with Crippen molar-refractivity contribution in [2.24, 2.45) is 0 Å². The molecule has 2 aromatic carbocycles. The molecular formula is C16H17ClFN3O. The minimum absolute atomic E-state index is 0.0636. The van der Waals surface area contributed by atoms with Crippen LogP contribution in [0.25, 0.3) is 0 Å². The van der Waals surface area contributed by atoms with Gasteiger partial charge in [0.15, 0.2) is 0 Å². The van der Waals surface area contributed by atoms with Crippen molar-refractivity contribution in [3.8, 4) is 0 Å². The standard InChI is InChI=1S/C16H17ClFN3O/c1-10(2)19-16(22)21-12-5-3-11(4-6-12)20-13-7-8-15(18)14(17)9-13/h3-10,20H,1-2H3,(H2,19,21,22). The number of hydrogen-bond acceptors (Lipinski definition) is 2. The first-order valence-corrected chi connectivity index (χ1v) is 7.21. The summed E-state index contributed by atoms with van der Waals surface area (Å²) >= 11 is 5.73. The number of amides is 2. The number of rotatable bonds is 4. The van der Waals surface area contributed by atoms with Crippen LogP contribution in [0, 0.1) is 5.82 Å². The van der Waals surface area contributed by atoms with E-state index < -0.39 is 5.82 Å². The molecule has 0 aliphatic carbocycles. The maximum atomic E-state index is 13.1. The second kappa shape index (κ2) is 7.13. The third kappa shape index (κ3) is 4.63. The smallest absolute Gasteiger partial charge is 0.319 e. The van der Waals surface area contributed by atoms with Gasteiger partial charge in [-0.2, -0.15) is 0 Å². The first-order valence-electron chi connectivity index (χ1n) is 6.83. The molecule has 0 spiro atoms. The van der Waals surface area contributed by atoms with E-state index in [0.29, 0.717) is 11.4 Å². The molecule has 0 fully saturated rings. The molecule has 6 heteroatoms. The lowest BCUT2D eigenvalue weighted by Gasteiger charge is -2.11. The molecule has 0 radical (unpaired) electrons. The highest BCUT2D eigenvalue weighted by molar-refractivity contribution is 6.31. The van der Waals surface area contributed by atoms with Crippen molar-refractivity contribution in [1.82, 2.24) is 5.32 Å². The van der Waals surface area contributed by atoms with Crippen LogP contribution in [0.5, 0.6) is 0 Å². The average molecular weight is 322 g/mol. The number of carbonyl (C=O) groups is 1. The van der Waals surface area contributed by atoms with Gasteiger partial charge in [0.1, 0.15) is 5.82 Å². The van der Waals surface area contributed by atoms with E-state index in [1.807, 2.05) is 26.0 Å². The Morgan fingerprint density at radius 1 is 1.05 bits per heavy atom. The molecule has 3 N–H and O–H groups in total. The SMILES string of the molecule is CC(C)NC(=O)Nc1ccc(Nc2ccc(F)c(Cl)c2)cc1. The van der Waals surface area contributed by atoms with Crippen molar-refractivity contribution < 1.29 is 9.18 Å². The maximum absolute atomic E-state index is 13.1. The zero-order valence-electron chi connectivity index (χ0n) is 12.3. The molecule has 2 rings (SSSR count). The van der Waals surface area contributed by atoms with Gasteiger partial charge in [-0.1, -0.05) is 11.6 Å². The third-order valence-electron chi connectivity index (χ3n) is 2.77. The lowest BCUT2D eigenvalue weighted by Crippen LogP contribution is -2.34. The molecule has 0 saturated carbocycles. The highest BCUT2D eigenvalue weighted by Gasteiger charge is 2.04. The molecule has 22 heavy (non-hydrogen) atoms. The molecule has 0 unspecified atom stereocenters. The summed E-state index contributed by atoms with van der Waals surface area (Å²) in [5, 5.41) is 8.64. The fraction of sp³-hybridized carbons (Fsp3) is 0.188. The Balaban J connectivity index is 1.99. The van der Waals surface area contributed by atoms with Crippen molar-refractivity contribution in [2.45, 2.75) is 19.9 Å². The highest BCUT2D eigenvalue weighted by Crippen LogP contribution is 2.23. The largest absolute Gasteiger partial charge is 0.355 e. The second-order valence-electron chi connectivity index (χ2n) is 5.08. The number of anilines is 3. The zero-order chi connectivity index (χ0) is 16.1. The van der Waals surface area contributed by atoms with Gasteiger partial charge in [0.05, 0.1) is 5.02 Å². The first kappa shape index (κ1) is 16.1. The van der Waals surface area contributed by atoms with Crippen molar-refractivity contribution >= 4 is 34.7 Å². The summed E-state index contributed by atoms with van der Waals surface area (Å²) in [6.07, 6.45) is 0. The minimum atomic E-state index is -0.456. The predicted molar refractivity (Wildman–Crippen MR) is 88.4 cm³/mol. The molecule has 2 amide bonds. The number of benzene rings is 2.